The van der Waals surface area contributed by atoms with Crippen molar-refractivity contribution in [2.75, 3.05) is 0 Å². The van der Waals surface area contributed by atoms with E-state index in [1.807, 2.05) is 0 Å². The van der Waals surface area contributed by atoms with Gasteiger partial charge >= 0.3 is 0 Å². The lowest BCUT2D eigenvalue weighted by molar-refractivity contribution is 0.545. The maximum absolute atomic E-state index is 4.04. The summed E-state index contributed by atoms with van der Waals surface area (Å²) in [7, 11) is 0. The standard InChI is InChI=1S/C20H23Br/c1-13-11-14(2)19(15(3)12-13)20(21)18-10-6-8-16-7-4-5-9-17(16)18/h4-5,7,9,11-12,18,20H,6,8,10H2,1-3H3. The molecule has 0 fully saturated rings. The predicted octanol–water partition coefficient (Wildman–Crippen LogP) is 6.17. The maximum Gasteiger partial charge on any atom is 0.0469 e. The number of hydrogen-bond acceptors (Lipinski definition) is 0. The van der Waals surface area contributed by atoms with Crippen LogP contribution in [0.3, 0.4) is 0 Å². The van der Waals surface area contributed by atoms with E-state index in [4.69, 9.17) is 0 Å². The molecule has 2 unspecified atom stereocenters. The first-order chi connectivity index (χ1) is 10.1. The zero-order chi connectivity index (χ0) is 15.0. The van der Waals surface area contributed by atoms with E-state index in [1.54, 1.807) is 11.1 Å². The summed E-state index contributed by atoms with van der Waals surface area (Å²) in [5.41, 5.74) is 8.76. The molecule has 3 rings (SSSR count). The minimum absolute atomic E-state index is 0.416. The zero-order valence-electron chi connectivity index (χ0n) is 13.1. The van der Waals surface area contributed by atoms with Gasteiger partial charge in [0.05, 0.1) is 0 Å². The normalized spacial score (nSPS) is 19.1. The first-order valence-corrected chi connectivity index (χ1v) is 8.79. The van der Waals surface area contributed by atoms with Crippen LogP contribution in [0.15, 0.2) is 36.4 Å². The van der Waals surface area contributed by atoms with E-state index in [0.717, 1.165) is 0 Å². The summed E-state index contributed by atoms with van der Waals surface area (Å²) in [5, 5.41) is 0. The van der Waals surface area contributed by atoms with Gasteiger partial charge < -0.3 is 0 Å². The first kappa shape index (κ1) is 14.8. The van der Waals surface area contributed by atoms with Crippen LogP contribution in [0.2, 0.25) is 0 Å². The Labute approximate surface area is 136 Å². The summed E-state index contributed by atoms with van der Waals surface area (Å²) in [6.07, 6.45) is 3.81. The Balaban J connectivity index is 2.03. The maximum atomic E-state index is 4.04. The molecule has 1 aliphatic rings. The summed E-state index contributed by atoms with van der Waals surface area (Å²) in [6.45, 7) is 6.68. The van der Waals surface area contributed by atoms with Gasteiger partial charge in [-0.05, 0) is 67.9 Å². The highest BCUT2D eigenvalue weighted by Crippen LogP contribution is 2.46. The monoisotopic (exact) mass is 342 g/mol. The summed E-state index contributed by atoms with van der Waals surface area (Å²) in [5.74, 6) is 0.593. The molecule has 1 aliphatic carbocycles. The molecule has 0 N–H and O–H groups in total. The lowest BCUT2D eigenvalue weighted by Crippen LogP contribution is -2.15. The van der Waals surface area contributed by atoms with Crippen molar-refractivity contribution in [3.63, 3.8) is 0 Å². The van der Waals surface area contributed by atoms with Crippen molar-refractivity contribution in [3.8, 4) is 0 Å². The highest BCUT2D eigenvalue weighted by atomic mass is 79.9. The van der Waals surface area contributed by atoms with Gasteiger partial charge in [-0.25, -0.2) is 0 Å². The lowest BCUT2D eigenvalue weighted by atomic mass is 9.78. The summed E-state index contributed by atoms with van der Waals surface area (Å²) < 4.78 is 0. The third-order valence-corrected chi connectivity index (χ3v) is 5.88. The molecule has 0 bridgehead atoms. The van der Waals surface area contributed by atoms with Gasteiger partial charge in [-0.2, -0.15) is 0 Å². The highest BCUT2D eigenvalue weighted by Gasteiger charge is 2.28. The number of hydrogen-bond donors (Lipinski definition) is 0. The smallest absolute Gasteiger partial charge is 0.0469 e. The van der Waals surface area contributed by atoms with E-state index >= 15 is 0 Å². The SMILES string of the molecule is Cc1cc(C)c(C(Br)C2CCCc3ccccc32)c(C)c1. The van der Waals surface area contributed by atoms with E-state index < -0.39 is 0 Å². The quantitative estimate of drug-likeness (QED) is 0.572. The molecule has 1 heteroatoms. The van der Waals surface area contributed by atoms with Gasteiger partial charge in [-0.15, -0.1) is 0 Å². The number of rotatable bonds is 2. The second-order valence-corrected chi connectivity index (χ2v) is 7.40. The average Bonchev–Trinajstić information content (AvgIpc) is 2.45. The Morgan fingerprint density at radius 3 is 2.43 bits per heavy atom. The van der Waals surface area contributed by atoms with E-state index in [1.165, 1.54) is 41.5 Å². The molecule has 0 spiro atoms. The topological polar surface area (TPSA) is 0 Å². The molecule has 2 aromatic rings. The minimum Gasteiger partial charge on any atom is -0.0832 e. The van der Waals surface area contributed by atoms with Crippen molar-refractivity contribution in [1.29, 1.82) is 0 Å². The molecule has 2 aromatic carbocycles. The average molecular weight is 343 g/mol. The van der Waals surface area contributed by atoms with Crippen LogP contribution < -0.4 is 0 Å². The fourth-order valence-corrected chi connectivity index (χ4v) is 5.19. The number of fused-ring (bicyclic) bond motifs is 1. The number of alkyl halides is 1. The molecule has 2 atom stereocenters. The molecule has 0 radical (unpaired) electrons. The van der Waals surface area contributed by atoms with Crippen molar-refractivity contribution in [2.24, 2.45) is 0 Å². The van der Waals surface area contributed by atoms with E-state index in [9.17, 15) is 0 Å². The van der Waals surface area contributed by atoms with Crippen LogP contribution in [0, 0.1) is 20.8 Å². The molecule has 0 amide bonds. The Kier molecular flexibility index (Phi) is 4.21. The van der Waals surface area contributed by atoms with Crippen molar-refractivity contribution in [2.45, 2.75) is 50.8 Å². The van der Waals surface area contributed by atoms with Crippen LogP contribution in [0.25, 0.3) is 0 Å². The van der Waals surface area contributed by atoms with Gasteiger partial charge in [-0.3, -0.25) is 0 Å². The van der Waals surface area contributed by atoms with Gasteiger partial charge in [0.1, 0.15) is 0 Å². The Bertz CT molecular complexity index is 634. The molecule has 0 saturated carbocycles. The fourth-order valence-electron chi connectivity index (χ4n) is 3.92. The Hall–Kier alpha value is -1.08. The number of halogens is 1. The van der Waals surface area contributed by atoms with Crippen molar-refractivity contribution in [1.82, 2.24) is 0 Å². The van der Waals surface area contributed by atoms with E-state index in [2.05, 4.69) is 73.1 Å². The fraction of sp³-hybridized carbons (Fsp3) is 0.400. The van der Waals surface area contributed by atoms with Gasteiger partial charge in [0, 0.05) is 10.7 Å². The van der Waals surface area contributed by atoms with E-state index in [0.29, 0.717) is 10.7 Å². The third kappa shape index (κ3) is 2.81. The van der Waals surface area contributed by atoms with Gasteiger partial charge in [-0.1, -0.05) is 57.9 Å². The Morgan fingerprint density at radius 1 is 1.05 bits per heavy atom. The molecular weight excluding hydrogens is 320 g/mol. The zero-order valence-corrected chi connectivity index (χ0v) is 14.7. The number of aryl methyl sites for hydroxylation is 4. The van der Waals surface area contributed by atoms with Crippen LogP contribution >= 0.6 is 15.9 Å². The van der Waals surface area contributed by atoms with Crippen molar-refractivity contribution >= 4 is 15.9 Å². The van der Waals surface area contributed by atoms with Crippen molar-refractivity contribution in [3.05, 3.63) is 69.8 Å². The van der Waals surface area contributed by atoms with Gasteiger partial charge in [0.25, 0.3) is 0 Å². The number of benzene rings is 2. The second kappa shape index (κ2) is 5.96. The molecule has 0 saturated heterocycles. The molecule has 110 valence electrons. The van der Waals surface area contributed by atoms with Gasteiger partial charge in [0.15, 0.2) is 0 Å². The molecule has 0 heterocycles. The third-order valence-electron chi connectivity index (χ3n) is 4.78. The van der Waals surface area contributed by atoms with Crippen molar-refractivity contribution < 1.29 is 0 Å². The lowest BCUT2D eigenvalue weighted by Gasteiger charge is -2.31. The highest BCUT2D eigenvalue weighted by molar-refractivity contribution is 9.09. The predicted molar refractivity (Wildman–Crippen MR) is 94.4 cm³/mol. The van der Waals surface area contributed by atoms with Crippen LogP contribution in [0.5, 0.6) is 0 Å². The summed E-state index contributed by atoms with van der Waals surface area (Å²) in [6, 6.07) is 13.6. The molecule has 0 aliphatic heterocycles. The molecule has 0 nitrogen and oxygen atoms in total. The minimum atomic E-state index is 0.416. The van der Waals surface area contributed by atoms with Crippen LogP contribution in [0.1, 0.15) is 57.0 Å². The Morgan fingerprint density at radius 2 is 1.71 bits per heavy atom. The largest absolute Gasteiger partial charge is 0.0832 e. The summed E-state index contributed by atoms with van der Waals surface area (Å²) >= 11 is 4.04. The molecule has 21 heavy (non-hydrogen) atoms. The second-order valence-electron chi connectivity index (χ2n) is 6.41. The summed E-state index contributed by atoms with van der Waals surface area (Å²) in [4.78, 5) is 0.416. The molecular formula is C20H23Br. The van der Waals surface area contributed by atoms with Crippen LogP contribution in [-0.4, -0.2) is 0 Å². The van der Waals surface area contributed by atoms with Crippen LogP contribution in [0.4, 0.5) is 0 Å². The molecule has 0 aromatic heterocycles. The van der Waals surface area contributed by atoms with Crippen LogP contribution in [-0.2, 0) is 6.42 Å². The van der Waals surface area contributed by atoms with Gasteiger partial charge in [0.2, 0.25) is 0 Å². The van der Waals surface area contributed by atoms with E-state index in [-0.39, 0.29) is 0 Å². The first-order valence-electron chi connectivity index (χ1n) is 7.87.